The lowest BCUT2D eigenvalue weighted by molar-refractivity contribution is 0.679. The van der Waals surface area contributed by atoms with Crippen LogP contribution in [0, 0.1) is 6.92 Å². The van der Waals surface area contributed by atoms with E-state index in [1.165, 1.54) is 6.20 Å². The number of hydrogen-bond donors (Lipinski definition) is 0. The van der Waals surface area contributed by atoms with E-state index >= 15 is 0 Å². The molecule has 3 nitrogen and oxygen atoms in total. The summed E-state index contributed by atoms with van der Waals surface area (Å²) in [6, 6.07) is 5.21. The number of hydrogen-bond acceptors (Lipinski definition) is 3. The van der Waals surface area contributed by atoms with Crippen molar-refractivity contribution in [1.82, 2.24) is 9.97 Å². The molecule has 0 bridgehead atoms. The normalized spacial score (nSPS) is 12.4. The third kappa shape index (κ3) is 3.28. The molecular formula is C12H10Cl2N2OS. The second kappa shape index (κ2) is 5.78. The maximum absolute atomic E-state index is 12.1. The maximum Gasteiger partial charge on any atom is 0.127 e. The highest BCUT2D eigenvalue weighted by molar-refractivity contribution is 7.84. The van der Waals surface area contributed by atoms with Gasteiger partial charge in [0.05, 0.1) is 32.3 Å². The molecule has 1 atom stereocenters. The molecule has 0 aliphatic rings. The van der Waals surface area contributed by atoms with E-state index in [1.807, 2.05) is 13.0 Å². The SMILES string of the molecule is Cc1ccc(S(=O)Cc2ncc(Cl)cc2Cl)nc1. The van der Waals surface area contributed by atoms with Crippen LogP contribution in [0.4, 0.5) is 0 Å². The predicted octanol–water partition coefficient (Wildman–Crippen LogP) is 3.40. The molecule has 6 heteroatoms. The van der Waals surface area contributed by atoms with E-state index in [4.69, 9.17) is 23.2 Å². The van der Waals surface area contributed by atoms with Crippen molar-refractivity contribution >= 4 is 34.0 Å². The monoisotopic (exact) mass is 300 g/mol. The third-order valence-electron chi connectivity index (χ3n) is 2.27. The minimum Gasteiger partial charge on any atom is -0.257 e. The van der Waals surface area contributed by atoms with Gasteiger partial charge in [-0.1, -0.05) is 29.3 Å². The largest absolute Gasteiger partial charge is 0.257 e. The molecule has 0 spiro atoms. The minimum atomic E-state index is -1.26. The van der Waals surface area contributed by atoms with Gasteiger partial charge < -0.3 is 0 Å². The number of aryl methyl sites for hydroxylation is 1. The summed E-state index contributed by atoms with van der Waals surface area (Å²) in [6.07, 6.45) is 3.17. The van der Waals surface area contributed by atoms with Gasteiger partial charge in [0.15, 0.2) is 0 Å². The topological polar surface area (TPSA) is 42.9 Å². The van der Waals surface area contributed by atoms with Gasteiger partial charge in [-0.3, -0.25) is 9.19 Å². The van der Waals surface area contributed by atoms with Crippen molar-refractivity contribution in [3.05, 3.63) is 51.9 Å². The molecule has 0 saturated heterocycles. The summed E-state index contributed by atoms with van der Waals surface area (Å²) in [6.45, 7) is 1.93. The molecule has 0 N–H and O–H groups in total. The summed E-state index contributed by atoms with van der Waals surface area (Å²) in [5.74, 6) is 0.228. The fourth-order valence-electron chi connectivity index (χ4n) is 1.34. The van der Waals surface area contributed by atoms with Gasteiger partial charge in [0, 0.05) is 12.4 Å². The van der Waals surface area contributed by atoms with Crippen LogP contribution in [0.1, 0.15) is 11.3 Å². The first-order valence-corrected chi connectivity index (χ1v) is 7.24. The van der Waals surface area contributed by atoms with Crippen molar-refractivity contribution in [2.45, 2.75) is 17.7 Å². The number of aromatic nitrogens is 2. The van der Waals surface area contributed by atoms with Crippen molar-refractivity contribution in [2.75, 3.05) is 0 Å². The molecule has 2 rings (SSSR count). The summed E-state index contributed by atoms with van der Waals surface area (Å²) in [5.41, 5.74) is 1.58. The van der Waals surface area contributed by atoms with Crippen molar-refractivity contribution in [3.63, 3.8) is 0 Å². The average molecular weight is 301 g/mol. The highest BCUT2D eigenvalue weighted by atomic mass is 35.5. The van der Waals surface area contributed by atoms with Crippen LogP contribution in [-0.2, 0) is 16.6 Å². The van der Waals surface area contributed by atoms with Gasteiger partial charge in [0.1, 0.15) is 5.03 Å². The lowest BCUT2D eigenvalue weighted by Gasteiger charge is -2.04. The zero-order valence-corrected chi connectivity index (χ0v) is 11.9. The highest BCUT2D eigenvalue weighted by Gasteiger charge is 2.10. The summed E-state index contributed by atoms with van der Waals surface area (Å²) in [7, 11) is -1.26. The maximum atomic E-state index is 12.1. The first kappa shape index (κ1) is 13.5. The first-order valence-electron chi connectivity index (χ1n) is 5.17. The van der Waals surface area contributed by atoms with E-state index in [-0.39, 0.29) is 5.75 Å². The van der Waals surface area contributed by atoms with Gasteiger partial charge in [-0.05, 0) is 24.6 Å². The van der Waals surface area contributed by atoms with Crippen LogP contribution in [-0.4, -0.2) is 14.2 Å². The van der Waals surface area contributed by atoms with Crippen LogP contribution in [0.2, 0.25) is 10.0 Å². The van der Waals surface area contributed by atoms with Crippen molar-refractivity contribution < 1.29 is 4.21 Å². The van der Waals surface area contributed by atoms with Gasteiger partial charge >= 0.3 is 0 Å². The number of nitrogens with zero attached hydrogens (tertiary/aromatic N) is 2. The molecule has 18 heavy (non-hydrogen) atoms. The predicted molar refractivity (Wildman–Crippen MR) is 73.3 cm³/mol. The van der Waals surface area contributed by atoms with Crippen LogP contribution in [0.5, 0.6) is 0 Å². The Bertz CT molecular complexity index is 587. The van der Waals surface area contributed by atoms with E-state index < -0.39 is 10.8 Å². The van der Waals surface area contributed by atoms with Crippen molar-refractivity contribution in [3.8, 4) is 0 Å². The minimum absolute atomic E-state index is 0.228. The molecule has 0 aliphatic carbocycles. The molecule has 94 valence electrons. The number of halogens is 2. The lowest BCUT2D eigenvalue weighted by atomic mass is 10.3. The van der Waals surface area contributed by atoms with Gasteiger partial charge in [-0.25, -0.2) is 4.98 Å². The second-order valence-electron chi connectivity index (χ2n) is 3.75. The molecule has 0 amide bonds. The Morgan fingerprint density at radius 2 is 2.00 bits per heavy atom. The molecular weight excluding hydrogens is 291 g/mol. The summed E-state index contributed by atoms with van der Waals surface area (Å²) in [5, 5.41) is 1.40. The molecule has 0 saturated carbocycles. The van der Waals surface area contributed by atoms with E-state index in [0.29, 0.717) is 20.8 Å². The van der Waals surface area contributed by atoms with E-state index in [9.17, 15) is 4.21 Å². The fourth-order valence-corrected chi connectivity index (χ4v) is 2.88. The standard InChI is InChI=1S/C12H10Cl2N2OS/c1-8-2-3-12(16-5-8)18(17)7-11-10(14)4-9(13)6-15-11/h2-6H,7H2,1H3. The Kier molecular flexibility index (Phi) is 4.32. The molecule has 2 aromatic rings. The molecule has 0 aliphatic heterocycles. The third-order valence-corrected chi connectivity index (χ3v) is 4.05. The Balaban J connectivity index is 2.18. The van der Waals surface area contributed by atoms with Gasteiger partial charge in [-0.15, -0.1) is 0 Å². The van der Waals surface area contributed by atoms with E-state index in [2.05, 4.69) is 9.97 Å². The Labute approximate surface area is 118 Å². The van der Waals surface area contributed by atoms with Crippen LogP contribution in [0.25, 0.3) is 0 Å². The lowest BCUT2D eigenvalue weighted by Crippen LogP contribution is -2.01. The Morgan fingerprint density at radius 3 is 2.61 bits per heavy atom. The van der Waals surface area contributed by atoms with Crippen molar-refractivity contribution in [2.24, 2.45) is 0 Å². The Morgan fingerprint density at radius 1 is 1.22 bits per heavy atom. The summed E-state index contributed by atoms with van der Waals surface area (Å²) < 4.78 is 12.1. The molecule has 0 aromatic carbocycles. The molecule has 2 heterocycles. The quantitative estimate of drug-likeness (QED) is 0.872. The highest BCUT2D eigenvalue weighted by Crippen LogP contribution is 2.20. The van der Waals surface area contributed by atoms with Gasteiger partial charge in [-0.2, -0.15) is 0 Å². The van der Waals surface area contributed by atoms with E-state index in [0.717, 1.165) is 5.56 Å². The molecule has 1 unspecified atom stereocenters. The van der Waals surface area contributed by atoms with Crippen LogP contribution in [0.3, 0.4) is 0 Å². The average Bonchev–Trinajstić information content (AvgIpc) is 2.33. The van der Waals surface area contributed by atoms with Crippen LogP contribution < -0.4 is 0 Å². The zero-order valence-electron chi connectivity index (χ0n) is 9.56. The smallest absolute Gasteiger partial charge is 0.127 e. The summed E-state index contributed by atoms with van der Waals surface area (Å²) >= 11 is 11.7. The zero-order chi connectivity index (χ0) is 13.1. The van der Waals surface area contributed by atoms with Gasteiger partial charge in [0.2, 0.25) is 0 Å². The number of rotatable bonds is 3. The van der Waals surface area contributed by atoms with Crippen LogP contribution >= 0.6 is 23.2 Å². The van der Waals surface area contributed by atoms with Crippen LogP contribution in [0.15, 0.2) is 35.6 Å². The van der Waals surface area contributed by atoms with E-state index in [1.54, 1.807) is 18.3 Å². The molecule has 0 fully saturated rings. The summed E-state index contributed by atoms with van der Waals surface area (Å²) in [4.78, 5) is 8.20. The second-order valence-corrected chi connectivity index (χ2v) is 5.99. The fraction of sp³-hybridized carbons (Fsp3) is 0.167. The molecule has 2 aromatic heterocycles. The van der Waals surface area contributed by atoms with Gasteiger partial charge in [0.25, 0.3) is 0 Å². The van der Waals surface area contributed by atoms with Crippen molar-refractivity contribution in [1.29, 1.82) is 0 Å². The first-order chi connectivity index (χ1) is 8.56. The Hall–Kier alpha value is -0.970. The number of pyridine rings is 2. The molecule has 0 radical (unpaired) electrons.